The van der Waals surface area contributed by atoms with Crippen LogP contribution in [-0.4, -0.2) is 28.9 Å². The molecule has 1 unspecified atom stereocenters. The summed E-state index contributed by atoms with van der Waals surface area (Å²) in [6.07, 6.45) is 6.45. The molecular weight excluding hydrogens is 308 g/mol. The fourth-order valence-electron chi connectivity index (χ4n) is 2.91. The van der Waals surface area contributed by atoms with Gasteiger partial charge in [0.25, 0.3) is 5.91 Å². The van der Waals surface area contributed by atoms with Crippen LogP contribution in [0.15, 0.2) is 24.3 Å². The predicted octanol–water partition coefficient (Wildman–Crippen LogP) is 2.80. The topological polar surface area (TPSA) is 95.5 Å². The third-order valence-corrected chi connectivity index (χ3v) is 4.35. The fraction of sp³-hybridized carbons (Fsp3) is 0.500. The lowest BCUT2D eigenvalue weighted by Crippen LogP contribution is -2.38. The highest BCUT2D eigenvalue weighted by Crippen LogP contribution is 2.26. The van der Waals surface area contributed by atoms with E-state index in [2.05, 4.69) is 10.6 Å². The summed E-state index contributed by atoms with van der Waals surface area (Å²) in [5.41, 5.74) is 0.993. The van der Waals surface area contributed by atoms with Crippen LogP contribution in [0.25, 0.3) is 0 Å². The second kappa shape index (κ2) is 8.47. The highest BCUT2D eigenvalue weighted by molar-refractivity contribution is 5.97. The highest BCUT2D eigenvalue weighted by atomic mass is 16.4. The lowest BCUT2D eigenvalue weighted by molar-refractivity contribution is -0.138. The van der Waals surface area contributed by atoms with E-state index in [1.54, 1.807) is 24.3 Å². The van der Waals surface area contributed by atoms with Crippen LogP contribution < -0.4 is 10.6 Å². The van der Waals surface area contributed by atoms with E-state index in [1.807, 2.05) is 0 Å². The number of hydrogen-bond acceptors (Lipinski definition) is 3. The summed E-state index contributed by atoms with van der Waals surface area (Å²) in [7, 11) is 0. The Kier molecular flexibility index (Phi) is 6.35. The first-order valence-electron chi connectivity index (χ1n) is 8.39. The monoisotopic (exact) mass is 332 g/mol. The zero-order valence-corrected chi connectivity index (χ0v) is 13.9. The van der Waals surface area contributed by atoms with Gasteiger partial charge in [-0.05, 0) is 49.9 Å². The molecule has 130 valence electrons. The SMILES string of the molecule is CC(NC(=O)c1ccc(NC(=O)CC2CCCCC2)cc1)C(=O)O. The quantitative estimate of drug-likeness (QED) is 0.746. The van der Waals surface area contributed by atoms with Gasteiger partial charge in [-0.25, -0.2) is 0 Å². The number of benzene rings is 1. The summed E-state index contributed by atoms with van der Waals surface area (Å²) >= 11 is 0. The average molecular weight is 332 g/mol. The number of hydrogen-bond donors (Lipinski definition) is 3. The normalized spacial score (nSPS) is 16.2. The summed E-state index contributed by atoms with van der Waals surface area (Å²) < 4.78 is 0. The molecule has 1 aromatic rings. The van der Waals surface area contributed by atoms with Gasteiger partial charge >= 0.3 is 5.97 Å². The molecule has 0 aromatic heterocycles. The van der Waals surface area contributed by atoms with E-state index in [1.165, 1.54) is 26.2 Å². The molecule has 3 N–H and O–H groups in total. The van der Waals surface area contributed by atoms with Gasteiger partial charge in [-0.1, -0.05) is 19.3 Å². The third-order valence-electron chi connectivity index (χ3n) is 4.35. The number of carboxylic acids is 1. The van der Waals surface area contributed by atoms with E-state index in [0.29, 0.717) is 23.6 Å². The van der Waals surface area contributed by atoms with Gasteiger partial charge < -0.3 is 15.7 Å². The Balaban J connectivity index is 1.85. The van der Waals surface area contributed by atoms with Crippen molar-refractivity contribution in [2.24, 2.45) is 5.92 Å². The Hall–Kier alpha value is -2.37. The summed E-state index contributed by atoms with van der Waals surface area (Å²) in [6.45, 7) is 1.40. The minimum absolute atomic E-state index is 0.00130. The number of carbonyl (C=O) groups is 3. The molecule has 0 spiro atoms. The average Bonchev–Trinajstić information content (AvgIpc) is 2.56. The first kappa shape index (κ1) is 18.0. The van der Waals surface area contributed by atoms with Crippen molar-refractivity contribution < 1.29 is 19.5 Å². The molecule has 0 heterocycles. The number of amides is 2. The van der Waals surface area contributed by atoms with E-state index in [-0.39, 0.29) is 5.91 Å². The molecule has 1 aliphatic carbocycles. The molecule has 0 aliphatic heterocycles. The molecule has 1 saturated carbocycles. The largest absolute Gasteiger partial charge is 0.480 e. The molecule has 0 saturated heterocycles. The smallest absolute Gasteiger partial charge is 0.325 e. The van der Waals surface area contributed by atoms with Crippen molar-refractivity contribution in [1.29, 1.82) is 0 Å². The van der Waals surface area contributed by atoms with E-state index in [4.69, 9.17) is 5.11 Å². The number of carbonyl (C=O) groups excluding carboxylic acids is 2. The Bertz CT molecular complexity index is 592. The molecule has 6 heteroatoms. The lowest BCUT2D eigenvalue weighted by atomic mass is 9.87. The van der Waals surface area contributed by atoms with Gasteiger partial charge in [0.2, 0.25) is 5.91 Å². The Labute approximate surface area is 141 Å². The van der Waals surface area contributed by atoms with Gasteiger partial charge in [-0.15, -0.1) is 0 Å². The lowest BCUT2D eigenvalue weighted by Gasteiger charge is -2.20. The van der Waals surface area contributed by atoms with Crippen LogP contribution in [0.2, 0.25) is 0 Å². The maximum atomic E-state index is 12.1. The molecule has 1 aromatic carbocycles. The van der Waals surface area contributed by atoms with Crippen LogP contribution in [0.4, 0.5) is 5.69 Å². The van der Waals surface area contributed by atoms with Gasteiger partial charge in [0, 0.05) is 17.7 Å². The number of anilines is 1. The van der Waals surface area contributed by atoms with Crippen LogP contribution in [0.5, 0.6) is 0 Å². The summed E-state index contributed by atoms with van der Waals surface area (Å²) in [4.78, 5) is 34.7. The van der Waals surface area contributed by atoms with Gasteiger partial charge in [0.15, 0.2) is 0 Å². The van der Waals surface area contributed by atoms with Crippen LogP contribution in [0, 0.1) is 5.92 Å². The van der Waals surface area contributed by atoms with Crippen molar-refractivity contribution >= 4 is 23.5 Å². The maximum absolute atomic E-state index is 12.1. The Morgan fingerprint density at radius 3 is 2.33 bits per heavy atom. The Morgan fingerprint density at radius 1 is 1.12 bits per heavy atom. The van der Waals surface area contributed by atoms with Crippen molar-refractivity contribution in [3.63, 3.8) is 0 Å². The Morgan fingerprint density at radius 2 is 1.75 bits per heavy atom. The second-order valence-electron chi connectivity index (χ2n) is 6.37. The standard InChI is InChI=1S/C18H24N2O4/c1-12(18(23)24)19-17(22)14-7-9-15(10-8-14)20-16(21)11-13-5-3-2-4-6-13/h7-10,12-13H,2-6,11H2,1H3,(H,19,22)(H,20,21)(H,23,24). The van der Waals surface area contributed by atoms with E-state index in [0.717, 1.165) is 12.8 Å². The van der Waals surface area contributed by atoms with Gasteiger partial charge in [0.05, 0.1) is 0 Å². The molecule has 24 heavy (non-hydrogen) atoms. The van der Waals surface area contributed by atoms with E-state index in [9.17, 15) is 14.4 Å². The third kappa shape index (κ3) is 5.37. The highest BCUT2D eigenvalue weighted by Gasteiger charge is 2.18. The van der Waals surface area contributed by atoms with E-state index >= 15 is 0 Å². The zero-order valence-electron chi connectivity index (χ0n) is 13.9. The molecule has 2 rings (SSSR count). The minimum atomic E-state index is -1.09. The molecule has 0 radical (unpaired) electrons. The maximum Gasteiger partial charge on any atom is 0.325 e. The van der Waals surface area contributed by atoms with Crippen molar-refractivity contribution in [2.45, 2.75) is 51.5 Å². The number of carboxylic acid groups (broad SMARTS) is 1. The van der Waals surface area contributed by atoms with Crippen molar-refractivity contribution in [3.8, 4) is 0 Å². The molecular formula is C18H24N2O4. The molecule has 6 nitrogen and oxygen atoms in total. The summed E-state index contributed by atoms with van der Waals surface area (Å²) in [5.74, 6) is -1.07. The first-order chi connectivity index (χ1) is 11.5. The van der Waals surface area contributed by atoms with Crippen LogP contribution in [-0.2, 0) is 9.59 Å². The number of aliphatic carboxylic acids is 1. The van der Waals surface area contributed by atoms with Crippen molar-refractivity contribution in [2.75, 3.05) is 5.32 Å². The number of rotatable bonds is 6. The molecule has 1 atom stereocenters. The second-order valence-corrected chi connectivity index (χ2v) is 6.37. The molecule has 1 fully saturated rings. The number of nitrogens with one attached hydrogen (secondary N) is 2. The molecule has 0 bridgehead atoms. The first-order valence-corrected chi connectivity index (χ1v) is 8.39. The van der Waals surface area contributed by atoms with Gasteiger partial charge in [-0.3, -0.25) is 14.4 Å². The van der Waals surface area contributed by atoms with Crippen molar-refractivity contribution in [3.05, 3.63) is 29.8 Å². The van der Waals surface area contributed by atoms with Crippen molar-refractivity contribution in [1.82, 2.24) is 5.32 Å². The van der Waals surface area contributed by atoms with E-state index < -0.39 is 17.9 Å². The van der Waals surface area contributed by atoms with Gasteiger partial charge in [0.1, 0.15) is 6.04 Å². The predicted molar refractivity (Wildman–Crippen MR) is 90.8 cm³/mol. The van der Waals surface area contributed by atoms with Crippen LogP contribution >= 0.6 is 0 Å². The molecule has 1 aliphatic rings. The summed E-state index contributed by atoms with van der Waals surface area (Å²) in [6, 6.07) is 5.49. The van der Waals surface area contributed by atoms with Crippen LogP contribution in [0.1, 0.15) is 55.8 Å². The summed E-state index contributed by atoms with van der Waals surface area (Å²) in [5, 5.41) is 14.0. The van der Waals surface area contributed by atoms with Crippen LogP contribution in [0.3, 0.4) is 0 Å². The zero-order chi connectivity index (χ0) is 17.5. The van der Waals surface area contributed by atoms with Gasteiger partial charge in [-0.2, -0.15) is 0 Å². The molecule has 2 amide bonds. The minimum Gasteiger partial charge on any atom is -0.480 e. The fourth-order valence-corrected chi connectivity index (χ4v) is 2.91.